The third kappa shape index (κ3) is 7.83. The van der Waals surface area contributed by atoms with Gasteiger partial charge in [0.2, 0.25) is 5.91 Å². The number of hydrogen-bond acceptors (Lipinski definition) is 2. The number of piperidine rings is 1. The summed E-state index contributed by atoms with van der Waals surface area (Å²) in [5, 5.41) is 1.12. The Morgan fingerprint density at radius 2 is 1.56 bits per heavy atom. The molecule has 0 radical (unpaired) electrons. The van der Waals surface area contributed by atoms with E-state index in [1.807, 2.05) is 65.4 Å². The number of benzene rings is 3. The van der Waals surface area contributed by atoms with E-state index in [9.17, 15) is 9.59 Å². The molecular formula is C37H46Cl2N2O2. The lowest BCUT2D eigenvalue weighted by Crippen LogP contribution is -2.48. The summed E-state index contributed by atoms with van der Waals surface area (Å²) < 4.78 is 0. The Balaban J connectivity index is 1.46. The molecule has 2 unspecified atom stereocenters. The van der Waals surface area contributed by atoms with Gasteiger partial charge in [0.1, 0.15) is 0 Å². The number of carbonyl (C=O) groups is 2. The van der Waals surface area contributed by atoms with Gasteiger partial charge < -0.3 is 9.80 Å². The third-order valence-corrected chi connectivity index (χ3v) is 10.2. The number of unbranched alkanes of at least 4 members (excludes halogenated alkanes) is 3. The molecule has 0 spiro atoms. The highest BCUT2D eigenvalue weighted by molar-refractivity contribution is 6.42. The van der Waals surface area contributed by atoms with E-state index >= 15 is 0 Å². The molecule has 230 valence electrons. The van der Waals surface area contributed by atoms with Crippen LogP contribution in [0.2, 0.25) is 10.0 Å². The van der Waals surface area contributed by atoms with Crippen molar-refractivity contribution in [1.29, 1.82) is 0 Å². The molecule has 0 aliphatic carbocycles. The second-order valence-electron chi connectivity index (χ2n) is 12.2. The number of carbonyl (C=O) groups excluding carboxylic acids is 2. The minimum absolute atomic E-state index is 0.0903. The topological polar surface area (TPSA) is 40.6 Å². The molecule has 1 aliphatic heterocycles. The van der Waals surface area contributed by atoms with Gasteiger partial charge in [0.15, 0.2) is 0 Å². The van der Waals surface area contributed by atoms with E-state index in [0.29, 0.717) is 16.6 Å². The maximum Gasteiger partial charge on any atom is 0.253 e. The molecule has 1 aliphatic rings. The van der Waals surface area contributed by atoms with Gasteiger partial charge in [-0.15, -0.1) is 0 Å². The van der Waals surface area contributed by atoms with Crippen molar-refractivity contribution in [3.63, 3.8) is 0 Å². The maximum absolute atomic E-state index is 13.5. The average Bonchev–Trinajstić information content (AvgIpc) is 3.03. The standard InChI is InChI=1S/C37H46Cl2N2O2/c1-4-22-37(40(3)29(2)42,31-18-11-8-12-19-31)25-14-6-5-13-23-36(32-20-21-33(38)34(39)27-32)24-15-26-41(28-36)35(43)30-16-9-7-10-17-30/h7-12,16-21,27H,4-6,13-15,22-26,28H2,1-3H3. The normalized spacial score (nSPS) is 18.2. The van der Waals surface area contributed by atoms with Crippen LogP contribution in [0, 0.1) is 0 Å². The predicted molar refractivity (Wildman–Crippen MR) is 179 cm³/mol. The summed E-state index contributed by atoms with van der Waals surface area (Å²) in [6, 6.07) is 26.1. The van der Waals surface area contributed by atoms with Crippen molar-refractivity contribution in [1.82, 2.24) is 9.80 Å². The number of amides is 2. The molecule has 2 atom stereocenters. The lowest BCUT2D eigenvalue weighted by molar-refractivity contribution is -0.134. The van der Waals surface area contributed by atoms with Crippen LogP contribution in [0.4, 0.5) is 0 Å². The van der Waals surface area contributed by atoms with Crippen LogP contribution in [0.15, 0.2) is 78.9 Å². The Kier molecular flexibility index (Phi) is 11.7. The molecule has 0 saturated carbocycles. The SMILES string of the molecule is CCCC(CCCCCCC1(c2ccc(Cl)c(Cl)c2)CCCN(C(=O)c2ccccc2)C1)(c1ccccc1)N(C)C(C)=O. The Morgan fingerprint density at radius 3 is 2.21 bits per heavy atom. The monoisotopic (exact) mass is 620 g/mol. The molecule has 1 heterocycles. The summed E-state index contributed by atoms with van der Waals surface area (Å²) >= 11 is 12.8. The number of likely N-dealkylation sites (tertiary alicyclic amines) is 1. The Bertz CT molecular complexity index is 1350. The van der Waals surface area contributed by atoms with Crippen LogP contribution in [0.1, 0.15) is 99.5 Å². The van der Waals surface area contributed by atoms with Crippen LogP contribution in [0.5, 0.6) is 0 Å². The Hall–Kier alpha value is -2.82. The summed E-state index contributed by atoms with van der Waals surface area (Å²) in [5.41, 5.74) is 2.67. The lowest BCUT2D eigenvalue weighted by Gasteiger charge is -2.44. The van der Waals surface area contributed by atoms with Crippen LogP contribution in [0.3, 0.4) is 0 Å². The van der Waals surface area contributed by atoms with E-state index in [1.165, 1.54) is 11.1 Å². The van der Waals surface area contributed by atoms with E-state index in [1.54, 1.807) is 6.92 Å². The van der Waals surface area contributed by atoms with Crippen molar-refractivity contribution in [3.05, 3.63) is 106 Å². The fourth-order valence-electron chi connectivity index (χ4n) is 7.12. The van der Waals surface area contributed by atoms with Crippen molar-refractivity contribution >= 4 is 35.0 Å². The molecule has 3 aromatic carbocycles. The van der Waals surface area contributed by atoms with Crippen LogP contribution in [-0.4, -0.2) is 41.8 Å². The van der Waals surface area contributed by atoms with Gasteiger partial charge in [-0.3, -0.25) is 9.59 Å². The molecule has 4 rings (SSSR count). The van der Waals surface area contributed by atoms with Crippen LogP contribution < -0.4 is 0 Å². The highest BCUT2D eigenvalue weighted by Gasteiger charge is 2.39. The van der Waals surface area contributed by atoms with Gasteiger partial charge in [-0.25, -0.2) is 0 Å². The van der Waals surface area contributed by atoms with Crippen molar-refractivity contribution in [2.24, 2.45) is 0 Å². The van der Waals surface area contributed by atoms with Crippen LogP contribution in [-0.2, 0) is 15.7 Å². The summed E-state index contributed by atoms with van der Waals surface area (Å²) in [4.78, 5) is 30.1. The Labute approximate surface area is 268 Å². The molecule has 4 nitrogen and oxygen atoms in total. The highest BCUT2D eigenvalue weighted by Crippen LogP contribution is 2.42. The molecule has 1 fully saturated rings. The third-order valence-electron chi connectivity index (χ3n) is 9.50. The molecule has 43 heavy (non-hydrogen) atoms. The maximum atomic E-state index is 13.5. The van der Waals surface area contributed by atoms with Crippen molar-refractivity contribution in [2.75, 3.05) is 20.1 Å². The van der Waals surface area contributed by atoms with Gasteiger partial charge in [-0.2, -0.15) is 0 Å². The van der Waals surface area contributed by atoms with Gasteiger partial charge in [-0.05, 0) is 67.5 Å². The zero-order valence-electron chi connectivity index (χ0n) is 26.0. The van der Waals surface area contributed by atoms with E-state index in [4.69, 9.17) is 23.2 Å². The van der Waals surface area contributed by atoms with Crippen LogP contribution in [0.25, 0.3) is 0 Å². The first-order valence-electron chi connectivity index (χ1n) is 15.8. The van der Waals surface area contributed by atoms with Gasteiger partial charge in [-0.1, -0.05) is 117 Å². The molecule has 6 heteroatoms. The van der Waals surface area contributed by atoms with E-state index in [0.717, 1.165) is 76.3 Å². The van der Waals surface area contributed by atoms with Crippen molar-refractivity contribution in [3.8, 4) is 0 Å². The van der Waals surface area contributed by atoms with E-state index < -0.39 is 0 Å². The molecule has 0 bridgehead atoms. The fraction of sp³-hybridized carbons (Fsp3) is 0.459. The summed E-state index contributed by atoms with van der Waals surface area (Å²) in [7, 11) is 1.96. The highest BCUT2D eigenvalue weighted by atomic mass is 35.5. The van der Waals surface area contributed by atoms with Crippen molar-refractivity contribution < 1.29 is 9.59 Å². The summed E-state index contributed by atoms with van der Waals surface area (Å²) in [5.74, 6) is 0.195. The van der Waals surface area contributed by atoms with Gasteiger partial charge >= 0.3 is 0 Å². The largest absolute Gasteiger partial charge is 0.338 e. The minimum Gasteiger partial charge on any atom is -0.338 e. The minimum atomic E-state index is -0.287. The van der Waals surface area contributed by atoms with E-state index in [2.05, 4.69) is 37.3 Å². The van der Waals surface area contributed by atoms with E-state index in [-0.39, 0.29) is 22.8 Å². The van der Waals surface area contributed by atoms with Gasteiger partial charge in [0.25, 0.3) is 5.91 Å². The Morgan fingerprint density at radius 1 is 0.884 bits per heavy atom. The summed E-state index contributed by atoms with van der Waals surface area (Å²) in [6.45, 7) is 5.31. The second kappa shape index (κ2) is 15.3. The molecule has 1 saturated heterocycles. The molecule has 3 aromatic rings. The van der Waals surface area contributed by atoms with Crippen molar-refractivity contribution in [2.45, 2.75) is 89.0 Å². The number of rotatable bonds is 13. The number of hydrogen-bond donors (Lipinski definition) is 0. The first kappa shape index (κ1) is 33.1. The lowest BCUT2D eigenvalue weighted by atomic mass is 9.70. The first-order chi connectivity index (χ1) is 20.7. The zero-order chi connectivity index (χ0) is 30.9. The van der Waals surface area contributed by atoms with Gasteiger partial charge in [0, 0.05) is 38.0 Å². The van der Waals surface area contributed by atoms with Gasteiger partial charge in [0.05, 0.1) is 15.6 Å². The average molecular weight is 622 g/mol. The number of nitrogens with zero attached hydrogens (tertiary/aromatic N) is 2. The molecule has 2 amide bonds. The molecule has 0 aromatic heterocycles. The smallest absolute Gasteiger partial charge is 0.253 e. The predicted octanol–water partition coefficient (Wildman–Crippen LogP) is 9.68. The first-order valence-corrected chi connectivity index (χ1v) is 16.6. The number of halogens is 2. The quantitative estimate of drug-likeness (QED) is 0.178. The van der Waals surface area contributed by atoms with Crippen LogP contribution >= 0.6 is 23.2 Å². The second-order valence-corrected chi connectivity index (χ2v) is 13.1. The molecule has 0 N–H and O–H groups in total. The fourth-order valence-corrected chi connectivity index (χ4v) is 7.42. The molecular weight excluding hydrogens is 575 g/mol. The zero-order valence-corrected chi connectivity index (χ0v) is 27.5. The summed E-state index contributed by atoms with van der Waals surface area (Å²) in [6.07, 6.45) is 10.1.